The highest BCUT2D eigenvalue weighted by atomic mass is 16.5. The Morgan fingerprint density at radius 1 is 1.20 bits per heavy atom. The molecule has 0 spiro atoms. The number of hydrogen-bond acceptors (Lipinski definition) is 3. The van der Waals surface area contributed by atoms with Gasteiger partial charge in [0.2, 0.25) is 0 Å². The van der Waals surface area contributed by atoms with Crippen LogP contribution in [0.3, 0.4) is 0 Å². The second-order valence-electron chi connectivity index (χ2n) is 6.29. The first kappa shape index (κ1) is 13.9. The molecule has 2 saturated heterocycles. The molecule has 0 N–H and O–H groups in total. The smallest absolute Gasteiger partial charge is 0.118 e. The number of rotatable bonds is 3. The van der Waals surface area contributed by atoms with Gasteiger partial charge in [-0.25, -0.2) is 0 Å². The van der Waals surface area contributed by atoms with Crippen LogP contribution < -0.4 is 4.74 Å². The Morgan fingerprint density at radius 3 is 2.65 bits per heavy atom. The highest BCUT2D eigenvalue weighted by Gasteiger charge is 2.36. The van der Waals surface area contributed by atoms with Crippen LogP contribution >= 0.6 is 0 Å². The molecule has 3 unspecified atom stereocenters. The van der Waals surface area contributed by atoms with Gasteiger partial charge in [-0.3, -0.25) is 9.80 Å². The first-order chi connectivity index (χ1) is 9.69. The van der Waals surface area contributed by atoms with E-state index in [4.69, 9.17) is 4.74 Å². The maximum Gasteiger partial charge on any atom is 0.118 e. The van der Waals surface area contributed by atoms with E-state index in [9.17, 15) is 0 Å². The van der Waals surface area contributed by atoms with Crippen molar-refractivity contribution in [2.24, 2.45) is 0 Å². The molecule has 0 aliphatic carbocycles. The summed E-state index contributed by atoms with van der Waals surface area (Å²) in [5, 5.41) is 0. The predicted octanol–water partition coefficient (Wildman–Crippen LogP) is 2.92. The fourth-order valence-corrected chi connectivity index (χ4v) is 3.82. The van der Waals surface area contributed by atoms with E-state index >= 15 is 0 Å². The Labute approximate surface area is 122 Å². The van der Waals surface area contributed by atoms with Crippen LogP contribution in [0.2, 0.25) is 0 Å². The third-order valence-electron chi connectivity index (χ3n) is 5.08. The standard InChI is InChI=1S/C17H26N2O/c1-13-11-18-10-4-5-16(18)12-19(13)14(2)15-6-8-17(20-3)9-7-15/h6-9,13-14,16H,4-5,10-12H2,1-3H3. The van der Waals surface area contributed by atoms with Crippen molar-refractivity contribution in [1.82, 2.24) is 9.80 Å². The van der Waals surface area contributed by atoms with Crippen molar-refractivity contribution < 1.29 is 4.74 Å². The third kappa shape index (κ3) is 2.57. The second kappa shape index (κ2) is 5.74. The molecule has 20 heavy (non-hydrogen) atoms. The van der Waals surface area contributed by atoms with E-state index in [0.29, 0.717) is 12.1 Å². The van der Waals surface area contributed by atoms with Crippen molar-refractivity contribution in [3.63, 3.8) is 0 Å². The van der Waals surface area contributed by atoms with Crippen LogP contribution in [0.4, 0.5) is 0 Å². The van der Waals surface area contributed by atoms with Gasteiger partial charge in [0.05, 0.1) is 7.11 Å². The highest BCUT2D eigenvalue weighted by Crippen LogP contribution is 2.31. The summed E-state index contributed by atoms with van der Waals surface area (Å²) in [5.41, 5.74) is 1.39. The van der Waals surface area contributed by atoms with Gasteiger partial charge in [0, 0.05) is 31.2 Å². The lowest BCUT2D eigenvalue weighted by atomic mass is 10.0. The van der Waals surface area contributed by atoms with E-state index in [-0.39, 0.29) is 0 Å². The Bertz CT molecular complexity index is 445. The molecule has 2 heterocycles. The van der Waals surface area contributed by atoms with Crippen molar-refractivity contribution in [3.05, 3.63) is 29.8 Å². The quantitative estimate of drug-likeness (QED) is 0.843. The van der Waals surface area contributed by atoms with Crippen LogP contribution in [-0.4, -0.2) is 48.6 Å². The average Bonchev–Trinajstić information content (AvgIpc) is 2.93. The SMILES string of the molecule is COc1ccc(C(C)N2CC3CCCN3CC2C)cc1. The fraction of sp³-hybridized carbons (Fsp3) is 0.647. The molecule has 2 fully saturated rings. The van der Waals surface area contributed by atoms with E-state index in [0.717, 1.165) is 11.8 Å². The van der Waals surface area contributed by atoms with Gasteiger partial charge in [-0.05, 0) is 50.9 Å². The normalized spacial score (nSPS) is 29.1. The molecule has 1 aromatic rings. The molecule has 3 rings (SSSR count). The summed E-state index contributed by atoms with van der Waals surface area (Å²) in [4.78, 5) is 5.36. The monoisotopic (exact) mass is 274 g/mol. The van der Waals surface area contributed by atoms with Gasteiger partial charge in [-0.2, -0.15) is 0 Å². The molecule has 2 aliphatic heterocycles. The molecule has 0 saturated carbocycles. The molecule has 110 valence electrons. The maximum absolute atomic E-state index is 5.25. The fourth-order valence-electron chi connectivity index (χ4n) is 3.82. The summed E-state index contributed by atoms with van der Waals surface area (Å²) < 4.78 is 5.25. The Kier molecular flexibility index (Phi) is 3.99. The van der Waals surface area contributed by atoms with E-state index in [1.165, 1.54) is 38.0 Å². The summed E-state index contributed by atoms with van der Waals surface area (Å²) in [6.45, 7) is 8.46. The van der Waals surface area contributed by atoms with Gasteiger partial charge >= 0.3 is 0 Å². The summed E-state index contributed by atoms with van der Waals surface area (Å²) in [7, 11) is 1.72. The summed E-state index contributed by atoms with van der Waals surface area (Å²) in [5.74, 6) is 0.939. The van der Waals surface area contributed by atoms with E-state index in [1.54, 1.807) is 7.11 Å². The molecular weight excluding hydrogens is 248 g/mol. The van der Waals surface area contributed by atoms with Crippen LogP contribution in [0, 0.1) is 0 Å². The van der Waals surface area contributed by atoms with Gasteiger partial charge < -0.3 is 4.74 Å². The molecule has 3 atom stereocenters. The number of methoxy groups -OCH3 is 1. The van der Waals surface area contributed by atoms with Crippen LogP contribution in [0.15, 0.2) is 24.3 Å². The van der Waals surface area contributed by atoms with Crippen molar-refractivity contribution in [2.75, 3.05) is 26.7 Å². The summed E-state index contributed by atoms with van der Waals surface area (Å²) in [6.07, 6.45) is 2.75. The van der Waals surface area contributed by atoms with E-state index in [2.05, 4.69) is 47.9 Å². The average molecular weight is 274 g/mol. The van der Waals surface area contributed by atoms with E-state index in [1.807, 2.05) is 0 Å². The van der Waals surface area contributed by atoms with Crippen molar-refractivity contribution >= 4 is 0 Å². The minimum absolute atomic E-state index is 0.485. The minimum atomic E-state index is 0.485. The van der Waals surface area contributed by atoms with E-state index < -0.39 is 0 Å². The molecule has 0 amide bonds. The minimum Gasteiger partial charge on any atom is -0.497 e. The van der Waals surface area contributed by atoms with Crippen LogP contribution in [0.25, 0.3) is 0 Å². The number of ether oxygens (including phenoxy) is 1. The molecule has 2 aliphatic rings. The molecule has 0 bridgehead atoms. The molecule has 0 aromatic heterocycles. The molecule has 1 aromatic carbocycles. The lowest BCUT2D eigenvalue weighted by Gasteiger charge is -2.45. The second-order valence-corrected chi connectivity index (χ2v) is 6.29. The van der Waals surface area contributed by atoms with Crippen molar-refractivity contribution in [2.45, 2.75) is 44.8 Å². The Balaban J connectivity index is 1.73. The van der Waals surface area contributed by atoms with Crippen LogP contribution in [-0.2, 0) is 0 Å². The zero-order chi connectivity index (χ0) is 14.1. The number of hydrogen-bond donors (Lipinski definition) is 0. The van der Waals surface area contributed by atoms with Gasteiger partial charge in [0.1, 0.15) is 5.75 Å². The number of fused-ring (bicyclic) bond motifs is 1. The number of nitrogens with zero attached hydrogens (tertiary/aromatic N) is 2. The summed E-state index contributed by atoms with van der Waals surface area (Å²) in [6, 6.07) is 10.5. The van der Waals surface area contributed by atoms with Gasteiger partial charge in [0.25, 0.3) is 0 Å². The van der Waals surface area contributed by atoms with Gasteiger partial charge in [0.15, 0.2) is 0 Å². The molecule has 3 heteroatoms. The molecule has 0 radical (unpaired) electrons. The largest absolute Gasteiger partial charge is 0.497 e. The Morgan fingerprint density at radius 2 is 1.95 bits per heavy atom. The van der Waals surface area contributed by atoms with Crippen LogP contribution in [0.1, 0.15) is 38.3 Å². The molecule has 3 nitrogen and oxygen atoms in total. The predicted molar refractivity (Wildman–Crippen MR) is 82.2 cm³/mol. The zero-order valence-electron chi connectivity index (χ0n) is 12.9. The zero-order valence-corrected chi connectivity index (χ0v) is 12.9. The summed E-state index contributed by atoms with van der Waals surface area (Å²) >= 11 is 0. The van der Waals surface area contributed by atoms with Crippen LogP contribution in [0.5, 0.6) is 5.75 Å². The number of piperazine rings is 1. The van der Waals surface area contributed by atoms with Gasteiger partial charge in [-0.15, -0.1) is 0 Å². The Hall–Kier alpha value is -1.06. The van der Waals surface area contributed by atoms with Crippen molar-refractivity contribution in [3.8, 4) is 5.75 Å². The third-order valence-corrected chi connectivity index (χ3v) is 5.08. The number of benzene rings is 1. The first-order valence-electron chi connectivity index (χ1n) is 7.83. The molecular formula is C17H26N2O. The van der Waals surface area contributed by atoms with Crippen molar-refractivity contribution in [1.29, 1.82) is 0 Å². The first-order valence-corrected chi connectivity index (χ1v) is 7.83. The lowest BCUT2D eigenvalue weighted by Crippen LogP contribution is -2.55. The lowest BCUT2D eigenvalue weighted by molar-refractivity contribution is 0.0325. The topological polar surface area (TPSA) is 15.7 Å². The maximum atomic E-state index is 5.25. The van der Waals surface area contributed by atoms with Gasteiger partial charge in [-0.1, -0.05) is 12.1 Å². The highest BCUT2D eigenvalue weighted by molar-refractivity contribution is 5.29.